The third-order valence-electron chi connectivity index (χ3n) is 4.06. The normalized spacial score (nSPS) is 11.8. The Morgan fingerprint density at radius 1 is 0.714 bits per heavy atom. The molecule has 21 heavy (non-hydrogen) atoms. The number of pyridine rings is 2. The van der Waals surface area contributed by atoms with Gasteiger partial charge < -0.3 is 0 Å². The molecule has 2 aromatic carbocycles. The lowest BCUT2D eigenvalue weighted by molar-refractivity contribution is 1.27. The average molecular weight is 269 g/mol. The van der Waals surface area contributed by atoms with E-state index >= 15 is 0 Å². The van der Waals surface area contributed by atoms with E-state index in [2.05, 4.69) is 51.8 Å². The van der Waals surface area contributed by atoms with E-state index in [0.29, 0.717) is 0 Å². The maximum Gasteiger partial charge on any atom is 0.146 e. The van der Waals surface area contributed by atoms with Crippen LogP contribution in [-0.2, 0) is 0 Å². The molecule has 3 heteroatoms. The quantitative estimate of drug-likeness (QED) is 0.395. The number of rotatable bonds is 0. The molecule has 0 radical (unpaired) electrons. The van der Waals surface area contributed by atoms with Crippen LogP contribution in [0.25, 0.3) is 38.4 Å². The van der Waals surface area contributed by atoms with E-state index in [0.717, 1.165) is 22.2 Å². The summed E-state index contributed by atoms with van der Waals surface area (Å²) in [5.41, 5.74) is 4.22. The lowest BCUT2D eigenvalue weighted by atomic mass is 10.1. The molecule has 0 fully saturated rings. The third kappa shape index (κ3) is 1.32. The lowest BCUT2D eigenvalue weighted by Gasteiger charge is -2.07. The lowest BCUT2D eigenvalue weighted by Crippen LogP contribution is -1.91. The minimum atomic E-state index is 0.993. The fourth-order valence-electron chi connectivity index (χ4n) is 3.16. The zero-order valence-corrected chi connectivity index (χ0v) is 11.2. The van der Waals surface area contributed by atoms with Gasteiger partial charge in [0.15, 0.2) is 0 Å². The molecular formula is C18H11N3. The predicted molar refractivity (Wildman–Crippen MR) is 85.5 cm³/mol. The molecule has 0 aliphatic heterocycles. The van der Waals surface area contributed by atoms with E-state index in [9.17, 15) is 0 Å². The number of benzene rings is 2. The van der Waals surface area contributed by atoms with Gasteiger partial charge in [-0.1, -0.05) is 36.4 Å². The van der Waals surface area contributed by atoms with Gasteiger partial charge in [0.05, 0.1) is 22.7 Å². The van der Waals surface area contributed by atoms with E-state index in [-0.39, 0.29) is 0 Å². The maximum absolute atomic E-state index is 4.83. The van der Waals surface area contributed by atoms with Gasteiger partial charge in [-0.25, -0.2) is 4.98 Å². The van der Waals surface area contributed by atoms with Gasteiger partial charge in [-0.3, -0.25) is 9.38 Å². The molecule has 0 spiro atoms. The smallest absolute Gasteiger partial charge is 0.146 e. The second-order valence-electron chi connectivity index (χ2n) is 5.20. The van der Waals surface area contributed by atoms with Gasteiger partial charge in [0.2, 0.25) is 0 Å². The maximum atomic E-state index is 4.83. The molecule has 5 rings (SSSR count). The van der Waals surface area contributed by atoms with Crippen LogP contribution < -0.4 is 0 Å². The largest absolute Gasteiger partial charge is 0.290 e. The van der Waals surface area contributed by atoms with Crippen molar-refractivity contribution < 1.29 is 0 Å². The van der Waals surface area contributed by atoms with Crippen molar-refractivity contribution in [2.75, 3.05) is 0 Å². The second-order valence-corrected chi connectivity index (χ2v) is 5.20. The number of aromatic nitrogens is 3. The molecule has 3 heterocycles. The molecule has 0 atom stereocenters. The molecule has 5 aromatic rings. The molecule has 0 saturated heterocycles. The van der Waals surface area contributed by atoms with Gasteiger partial charge in [-0.05, 0) is 23.6 Å². The van der Waals surface area contributed by atoms with Gasteiger partial charge in [-0.2, -0.15) is 0 Å². The van der Waals surface area contributed by atoms with Crippen LogP contribution in [-0.4, -0.2) is 14.4 Å². The molecule has 0 N–H and O–H groups in total. The zero-order chi connectivity index (χ0) is 13.8. The van der Waals surface area contributed by atoms with Crippen molar-refractivity contribution in [1.29, 1.82) is 0 Å². The highest BCUT2D eigenvalue weighted by Gasteiger charge is 2.12. The summed E-state index contributed by atoms with van der Waals surface area (Å²) in [4.78, 5) is 9.14. The number of para-hydroxylation sites is 2. The summed E-state index contributed by atoms with van der Waals surface area (Å²) < 4.78 is 2.21. The Morgan fingerprint density at radius 2 is 1.52 bits per heavy atom. The molecule has 0 saturated carbocycles. The molecular weight excluding hydrogens is 258 g/mol. The number of hydrogen-bond donors (Lipinski definition) is 0. The van der Waals surface area contributed by atoms with Crippen LogP contribution in [0.15, 0.2) is 67.0 Å². The third-order valence-corrected chi connectivity index (χ3v) is 4.06. The van der Waals surface area contributed by atoms with Gasteiger partial charge in [0, 0.05) is 17.0 Å². The van der Waals surface area contributed by atoms with Crippen LogP contribution in [0.5, 0.6) is 0 Å². The summed E-state index contributed by atoms with van der Waals surface area (Å²) >= 11 is 0. The molecule has 0 amide bonds. The van der Waals surface area contributed by atoms with Crippen LogP contribution >= 0.6 is 0 Å². The van der Waals surface area contributed by atoms with Crippen LogP contribution in [0.2, 0.25) is 0 Å². The molecule has 0 unspecified atom stereocenters. The first kappa shape index (κ1) is 10.8. The number of fused-ring (bicyclic) bond motifs is 8. The zero-order valence-electron chi connectivity index (χ0n) is 11.2. The highest BCUT2D eigenvalue weighted by Crippen LogP contribution is 2.31. The SMILES string of the molecule is c1ccc2c(c1)nc1c3ccccc3c3ccncc3n21. The minimum Gasteiger partial charge on any atom is -0.290 e. The van der Waals surface area contributed by atoms with Crippen LogP contribution in [0.3, 0.4) is 0 Å². The van der Waals surface area contributed by atoms with E-state index in [1.54, 1.807) is 0 Å². The van der Waals surface area contributed by atoms with Crippen LogP contribution in [0.4, 0.5) is 0 Å². The first-order valence-electron chi connectivity index (χ1n) is 6.95. The van der Waals surface area contributed by atoms with Crippen molar-refractivity contribution in [1.82, 2.24) is 14.4 Å². The Kier molecular flexibility index (Phi) is 1.95. The van der Waals surface area contributed by atoms with Gasteiger partial charge in [-0.15, -0.1) is 0 Å². The van der Waals surface area contributed by atoms with Gasteiger partial charge in [0.1, 0.15) is 5.65 Å². The Labute approximate surface area is 120 Å². The first-order chi connectivity index (χ1) is 10.4. The predicted octanol–water partition coefficient (Wildman–Crippen LogP) is 4.19. The standard InChI is InChI=1S/C18H11N3/c1-2-6-14-12(5-1)13-9-10-19-11-17(13)21-16-8-4-3-7-15(16)20-18(14)21/h1-11H. The summed E-state index contributed by atoms with van der Waals surface area (Å²) in [6.07, 6.45) is 3.77. The van der Waals surface area contributed by atoms with Crippen molar-refractivity contribution in [2.45, 2.75) is 0 Å². The Morgan fingerprint density at radius 3 is 2.48 bits per heavy atom. The van der Waals surface area contributed by atoms with Crippen LogP contribution in [0, 0.1) is 0 Å². The average Bonchev–Trinajstić information content (AvgIpc) is 2.95. The van der Waals surface area contributed by atoms with E-state index in [4.69, 9.17) is 4.98 Å². The highest BCUT2D eigenvalue weighted by atomic mass is 15.0. The topological polar surface area (TPSA) is 30.2 Å². The van der Waals surface area contributed by atoms with Crippen molar-refractivity contribution in [3.8, 4) is 0 Å². The number of imidazole rings is 1. The fourth-order valence-corrected chi connectivity index (χ4v) is 3.16. The van der Waals surface area contributed by atoms with E-state index in [1.165, 1.54) is 16.2 Å². The monoisotopic (exact) mass is 269 g/mol. The summed E-state index contributed by atoms with van der Waals surface area (Å²) in [7, 11) is 0. The van der Waals surface area contributed by atoms with E-state index < -0.39 is 0 Å². The summed E-state index contributed by atoms with van der Waals surface area (Å²) in [6.45, 7) is 0. The van der Waals surface area contributed by atoms with Crippen LogP contribution in [0.1, 0.15) is 0 Å². The van der Waals surface area contributed by atoms with Crippen molar-refractivity contribution in [3.63, 3.8) is 0 Å². The second kappa shape index (κ2) is 3.79. The molecule has 3 aromatic heterocycles. The minimum absolute atomic E-state index is 0.993. The van der Waals surface area contributed by atoms with Gasteiger partial charge >= 0.3 is 0 Å². The molecule has 0 aliphatic carbocycles. The molecule has 3 nitrogen and oxygen atoms in total. The number of nitrogens with zero attached hydrogens (tertiary/aromatic N) is 3. The first-order valence-corrected chi connectivity index (χ1v) is 6.95. The highest BCUT2D eigenvalue weighted by molar-refractivity contribution is 6.13. The van der Waals surface area contributed by atoms with Crippen molar-refractivity contribution in [2.24, 2.45) is 0 Å². The Hall–Kier alpha value is -2.94. The van der Waals surface area contributed by atoms with Crippen molar-refractivity contribution >= 4 is 38.4 Å². The van der Waals surface area contributed by atoms with Gasteiger partial charge in [0.25, 0.3) is 0 Å². The molecule has 0 aliphatic rings. The fraction of sp³-hybridized carbons (Fsp3) is 0. The van der Waals surface area contributed by atoms with Crippen molar-refractivity contribution in [3.05, 3.63) is 67.0 Å². The Balaban J connectivity index is 2.25. The summed E-state index contributed by atoms with van der Waals surface area (Å²) in [5, 5.41) is 3.60. The molecule has 98 valence electrons. The summed E-state index contributed by atoms with van der Waals surface area (Å²) in [5.74, 6) is 0. The molecule has 0 bridgehead atoms. The Bertz CT molecular complexity index is 1140. The van der Waals surface area contributed by atoms with E-state index in [1.807, 2.05) is 24.5 Å². The number of hydrogen-bond acceptors (Lipinski definition) is 2. The summed E-state index contributed by atoms with van der Waals surface area (Å²) in [6, 6.07) is 18.7.